The Morgan fingerprint density at radius 1 is 1.19 bits per heavy atom. The van der Waals surface area contributed by atoms with E-state index >= 15 is 0 Å². The lowest BCUT2D eigenvalue weighted by atomic mass is 9.89. The molecule has 0 aliphatic carbocycles. The second kappa shape index (κ2) is 6.88. The molecule has 0 amide bonds. The second-order valence-electron chi connectivity index (χ2n) is 5.59. The predicted octanol–water partition coefficient (Wildman–Crippen LogP) is 2.72. The highest BCUT2D eigenvalue weighted by Crippen LogP contribution is 2.21. The van der Waals surface area contributed by atoms with Crippen molar-refractivity contribution in [2.75, 3.05) is 20.2 Å². The van der Waals surface area contributed by atoms with Crippen molar-refractivity contribution in [1.82, 2.24) is 5.32 Å². The maximum atomic E-state index is 8.85. The Morgan fingerprint density at radius 2 is 1.81 bits per heavy atom. The maximum absolute atomic E-state index is 8.85. The highest BCUT2D eigenvalue weighted by atomic mass is 16.5. The number of hydrogen-bond donors (Lipinski definition) is 1. The van der Waals surface area contributed by atoms with Gasteiger partial charge in [0.05, 0.1) is 17.1 Å². The van der Waals surface area contributed by atoms with E-state index in [1.54, 1.807) is 7.11 Å². The van der Waals surface area contributed by atoms with E-state index in [0.29, 0.717) is 0 Å². The lowest BCUT2D eigenvalue weighted by Gasteiger charge is -2.23. The first-order valence-corrected chi connectivity index (χ1v) is 6.00. The van der Waals surface area contributed by atoms with E-state index in [0.717, 1.165) is 32.4 Å². The van der Waals surface area contributed by atoms with Crippen LogP contribution in [0.25, 0.3) is 0 Å². The standard InChI is InChI=1S/C13H26N2O/c1-12(2,10-14)8-6-7-9-15-11-13(3,4)16-5/h15H,6-9,11H2,1-5H3. The van der Waals surface area contributed by atoms with Crippen LogP contribution in [0.15, 0.2) is 0 Å². The van der Waals surface area contributed by atoms with Gasteiger partial charge in [-0.1, -0.05) is 6.42 Å². The van der Waals surface area contributed by atoms with E-state index in [-0.39, 0.29) is 11.0 Å². The summed E-state index contributed by atoms with van der Waals surface area (Å²) in [5, 5.41) is 12.2. The molecular weight excluding hydrogens is 200 g/mol. The van der Waals surface area contributed by atoms with E-state index in [9.17, 15) is 0 Å². The average molecular weight is 226 g/mol. The minimum atomic E-state index is -0.175. The van der Waals surface area contributed by atoms with Crippen LogP contribution in [0.2, 0.25) is 0 Å². The molecule has 3 heteroatoms. The number of nitrogens with one attached hydrogen (secondary N) is 1. The first kappa shape index (κ1) is 15.4. The van der Waals surface area contributed by atoms with Crippen molar-refractivity contribution in [2.24, 2.45) is 5.41 Å². The van der Waals surface area contributed by atoms with Crippen LogP contribution in [0.4, 0.5) is 0 Å². The van der Waals surface area contributed by atoms with Crippen LogP contribution in [-0.2, 0) is 4.74 Å². The lowest BCUT2D eigenvalue weighted by molar-refractivity contribution is 0.0234. The summed E-state index contributed by atoms with van der Waals surface area (Å²) in [7, 11) is 1.73. The third-order valence-electron chi connectivity index (χ3n) is 2.81. The fourth-order valence-electron chi connectivity index (χ4n) is 1.33. The fraction of sp³-hybridized carbons (Fsp3) is 0.923. The van der Waals surface area contributed by atoms with Gasteiger partial charge in [-0.25, -0.2) is 0 Å². The van der Waals surface area contributed by atoms with Crippen molar-refractivity contribution in [2.45, 2.75) is 52.6 Å². The van der Waals surface area contributed by atoms with Gasteiger partial charge in [0.15, 0.2) is 0 Å². The summed E-state index contributed by atoms with van der Waals surface area (Å²) in [4.78, 5) is 0. The Balaban J connectivity index is 3.46. The molecule has 0 aromatic carbocycles. The van der Waals surface area contributed by atoms with Gasteiger partial charge in [0.25, 0.3) is 0 Å². The molecule has 0 saturated carbocycles. The number of nitrogens with zero attached hydrogens (tertiary/aromatic N) is 1. The van der Waals surface area contributed by atoms with Crippen LogP contribution in [0, 0.1) is 16.7 Å². The Labute approximate surface area is 100 Å². The van der Waals surface area contributed by atoms with E-state index in [4.69, 9.17) is 10.00 Å². The Bertz CT molecular complexity index is 229. The molecule has 0 aliphatic rings. The zero-order chi connectivity index (χ0) is 12.7. The molecule has 0 atom stereocenters. The molecule has 0 radical (unpaired) electrons. The minimum Gasteiger partial charge on any atom is -0.377 e. The molecule has 0 bridgehead atoms. The van der Waals surface area contributed by atoms with Crippen molar-refractivity contribution in [3.63, 3.8) is 0 Å². The van der Waals surface area contributed by atoms with Crippen molar-refractivity contribution < 1.29 is 4.74 Å². The van der Waals surface area contributed by atoms with E-state index < -0.39 is 0 Å². The number of ether oxygens (including phenoxy) is 1. The summed E-state index contributed by atoms with van der Waals surface area (Å²) in [5.74, 6) is 0. The molecule has 0 spiro atoms. The molecule has 16 heavy (non-hydrogen) atoms. The molecule has 0 rings (SSSR count). The first-order valence-electron chi connectivity index (χ1n) is 6.00. The van der Waals surface area contributed by atoms with Gasteiger partial charge < -0.3 is 10.1 Å². The van der Waals surface area contributed by atoms with Gasteiger partial charge in [0.2, 0.25) is 0 Å². The Morgan fingerprint density at radius 3 is 2.31 bits per heavy atom. The van der Waals surface area contributed by atoms with Crippen LogP contribution in [-0.4, -0.2) is 25.8 Å². The van der Waals surface area contributed by atoms with Crippen LogP contribution >= 0.6 is 0 Å². The normalized spacial score (nSPS) is 12.5. The zero-order valence-corrected chi connectivity index (χ0v) is 11.4. The highest BCUT2D eigenvalue weighted by Gasteiger charge is 2.16. The third-order valence-corrected chi connectivity index (χ3v) is 2.81. The highest BCUT2D eigenvalue weighted by molar-refractivity contribution is 4.91. The van der Waals surface area contributed by atoms with E-state index in [1.807, 2.05) is 13.8 Å². The number of unbranched alkanes of at least 4 members (excludes halogenated alkanes) is 1. The van der Waals surface area contributed by atoms with Gasteiger partial charge in [0.1, 0.15) is 0 Å². The summed E-state index contributed by atoms with van der Waals surface area (Å²) in [6.45, 7) is 9.99. The molecule has 0 saturated heterocycles. The Kier molecular flexibility index (Phi) is 6.62. The molecule has 3 nitrogen and oxygen atoms in total. The second-order valence-corrected chi connectivity index (χ2v) is 5.59. The van der Waals surface area contributed by atoms with Crippen LogP contribution in [0.3, 0.4) is 0 Å². The van der Waals surface area contributed by atoms with Gasteiger partial charge in [-0.2, -0.15) is 5.26 Å². The van der Waals surface area contributed by atoms with Crippen LogP contribution in [0.5, 0.6) is 0 Å². The number of hydrogen-bond acceptors (Lipinski definition) is 3. The van der Waals surface area contributed by atoms with E-state index in [1.165, 1.54) is 0 Å². The Hall–Kier alpha value is -0.590. The molecule has 94 valence electrons. The quantitative estimate of drug-likeness (QED) is 0.647. The van der Waals surface area contributed by atoms with Crippen LogP contribution in [0.1, 0.15) is 47.0 Å². The van der Waals surface area contributed by atoms with Crippen molar-refractivity contribution in [1.29, 1.82) is 5.26 Å². The number of nitriles is 1. The van der Waals surface area contributed by atoms with Crippen molar-refractivity contribution >= 4 is 0 Å². The topological polar surface area (TPSA) is 45.0 Å². The molecule has 1 N–H and O–H groups in total. The zero-order valence-electron chi connectivity index (χ0n) is 11.4. The minimum absolute atomic E-state index is 0.0913. The summed E-state index contributed by atoms with van der Waals surface area (Å²) in [6.07, 6.45) is 3.19. The van der Waals surface area contributed by atoms with Gasteiger partial charge in [-0.05, 0) is 47.1 Å². The summed E-state index contributed by atoms with van der Waals surface area (Å²) in [6, 6.07) is 2.33. The SMILES string of the molecule is COC(C)(C)CNCCCCC(C)(C)C#N. The number of methoxy groups -OCH3 is 1. The maximum Gasteiger partial charge on any atom is 0.0746 e. The number of rotatable bonds is 8. The smallest absolute Gasteiger partial charge is 0.0746 e. The summed E-state index contributed by atoms with van der Waals surface area (Å²) >= 11 is 0. The third kappa shape index (κ3) is 7.67. The molecule has 0 aliphatic heterocycles. The summed E-state index contributed by atoms with van der Waals surface area (Å²) < 4.78 is 5.31. The van der Waals surface area contributed by atoms with Gasteiger partial charge in [-0.3, -0.25) is 0 Å². The monoisotopic (exact) mass is 226 g/mol. The van der Waals surface area contributed by atoms with Crippen LogP contribution < -0.4 is 5.32 Å². The fourth-order valence-corrected chi connectivity index (χ4v) is 1.33. The van der Waals surface area contributed by atoms with Gasteiger partial charge in [0, 0.05) is 13.7 Å². The van der Waals surface area contributed by atoms with Gasteiger partial charge in [-0.15, -0.1) is 0 Å². The molecule has 0 aromatic heterocycles. The molecule has 0 heterocycles. The lowest BCUT2D eigenvalue weighted by Crippen LogP contribution is -2.37. The largest absolute Gasteiger partial charge is 0.377 e. The molecule has 0 aromatic rings. The molecule has 0 fully saturated rings. The average Bonchev–Trinajstić information content (AvgIpc) is 2.23. The van der Waals surface area contributed by atoms with Crippen molar-refractivity contribution in [3.8, 4) is 6.07 Å². The van der Waals surface area contributed by atoms with E-state index in [2.05, 4.69) is 25.2 Å². The first-order chi connectivity index (χ1) is 7.33. The molecular formula is C13H26N2O. The summed E-state index contributed by atoms with van der Waals surface area (Å²) in [5.41, 5.74) is -0.266. The predicted molar refractivity (Wildman–Crippen MR) is 67.2 cm³/mol. The van der Waals surface area contributed by atoms with Gasteiger partial charge >= 0.3 is 0 Å². The molecule has 0 unspecified atom stereocenters. The van der Waals surface area contributed by atoms with Crippen molar-refractivity contribution in [3.05, 3.63) is 0 Å².